The van der Waals surface area contributed by atoms with Gasteiger partial charge in [0.1, 0.15) is 11.2 Å². The molecule has 0 aliphatic carbocycles. The molecule has 0 radical (unpaired) electrons. The number of nitrogens with one attached hydrogen (secondary N) is 1. The first-order chi connectivity index (χ1) is 16.5. The fraction of sp³-hybridized carbons (Fsp3) is 0.125. The van der Waals surface area contributed by atoms with Crippen LogP contribution in [-0.2, 0) is 9.53 Å². The van der Waals surface area contributed by atoms with Gasteiger partial charge in [-0.15, -0.1) is 21.5 Å². The van der Waals surface area contributed by atoms with Gasteiger partial charge in [0.15, 0.2) is 10.8 Å². The standard InChI is InChI=1S/C24H19N5O3S2/c1-14-3-5-15(6-4-14)18-11-33-22-20(18)21-27-28-24(29(21)13-25-22)34-12-19(30)26-17-9-7-16(8-10-17)23(31)32-2/h3-11,13H,12H2,1-2H3,(H,26,30). The van der Waals surface area contributed by atoms with Crippen molar-refractivity contribution in [2.45, 2.75) is 12.1 Å². The van der Waals surface area contributed by atoms with Crippen molar-refractivity contribution in [2.75, 3.05) is 18.2 Å². The Bertz CT molecular complexity index is 1510. The second kappa shape index (κ2) is 9.24. The molecule has 0 saturated carbocycles. The number of carbonyl (C=O) groups excluding carboxylic acids is 2. The summed E-state index contributed by atoms with van der Waals surface area (Å²) in [6, 6.07) is 14.9. The first-order valence-corrected chi connectivity index (χ1v) is 12.2. The maximum absolute atomic E-state index is 12.5. The molecular weight excluding hydrogens is 470 g/mol. The highest BCUT2D eigenvalue weighted by Gasteiger charge is 2.17. The fourth-order valence-electron chi connectivity index (χ4n) is 3.50. The van der Waals surface area contributed by atoms with Crippen LogP contribution in [0.2, 0.25) is 0 Å². The Morgan fingerprint density at radius 3 is 2.59 bits per heavy atom. The van der Waals surface area contributed by atoms with Crippen molar-refractivity contribution >= 4 is 56.5 Å². The van der Waals surface area contributed by atoms with Crippen molar-refractivity contribution in [3.8, 4) is 11.1 Å². The summed E-state index contributed by atoms with van der Waals surface area (Å²) < 4.78 is 6.50. The zero-order valence-electron chi connectivity index (χ0n) is 18.3. The highest BCUT2D eigenvalue weighted by Crippen LogP contribution is 2.35. The van der Waals surface area contributed by atoms with Crippen LogP contribution < -0.4 is 5.32 Å². The zero-order valence-corrected chi connectivity index (χ0v) is 19.9. The molecule has 8 nitrogen and oxygen atoms in total. The molecule has 0 unspecified atom stereocenters. The van der Waals surface area contributed by atoms with E-state index in [2.05, 4.69) is 61.8 Å². The van der Waals surface area contributed by atoms with Crippen molar-refractivity contribution < 1.29 is 14.3 Å². The lowest BCUT2D eigenvalue weighted by Gasteiger charge is -2.06. The van der Waals surface area contributed by atoms with Gasteiger partial charge in [0.05, 0.1) is 23.8 Å². The number of benzene rings is 2. The van der Waals surface area contributed by atoms with Crippen LogP contribution in [-0.4, -0.2) is 44.3 Å². The van der Waals surface area contributed by atoms with Gasteiger partial charge in [-0.25, -0.2) is 9.78 Å². The molecule has 0 atom stereocenters. The number of aromatic nitrogens is 4. The number of carbonyl (C=O) groups is 2. The summed E-state index contributed by atoms with van der Waals surface area (Å²) in [5.74, 6) is -0.477. The number of thioether (sulfide) groups is 1. The molecule has 0 aliphatic heterocycles. The van der Waals surface area contributed by atoms with Crippen LogP contribution in [0.4, 0.5) is 5.69 Å². The number of anilines is 1. The summed E-state index contributed by atoms with van der Waals surface area (Å²) in [5.41, 5.74) is 5.08. The monoisotopic (exact) mass is 489 g/mol. The van der Waals surface area contributed by atoms with Crippen molar-refractivity contribution in [3.05, 3.63) is 71.4 Å². The van der Waals surface area contributed by atoms with Gasteiger partial charge in [0, 0.05) is 16.6 Å². The summed E-state index contributed by atoms with van der Waals surface area (Å²) in [7, 11) is 1.33. The number of ether oxygens (including phenoxy) is 1. The van der Waals surface area contributed by atoms with Crippen LogP contribution in [0.5, 0.6) is 0 Å². The summed E-state index contributed by atoms with van der Waals surface area (Å²) in [6.45, 7) is 2.06. The van der Waals surface area contributed by atoms with Gasteiger partial charge in [-0.1, -0.05) is 41.6 Å². The number of thiophene rings is 1. The van der Waals surface area contributed by atoms with E-state index in [4.69, 9.17) is 0 Å². The lowest BCUT2D eigenvalue weighted by molar-refractivity contribution is -0.113. The van der Waals surface area contributed by atoms with E-state index in [1.54, 1.807) is 41.9 Å². The van der Waals surface area contributed by atoms with Gasteiger partial charge >= 0.3 is 5.97 Å². The van der Waals surface area contributed by atoms with E-state index in [1.807, 2.05) is 4.40 Å². The summed E-state index contributed by atoms with van der Waals surface area (Å²) >= 11 is 2.85. The SMILES string of the molecule is COC(=O)c1ccc(NC(=O)CSc2nnc3c4c(-c5ccc(C)cc5)csc4ncn23)cc1. The number of hydrogen-bond acceptors (Lipinski definition) is 8. The average molecular weight is 490 g/mol. The first-order valence-electron chi connectivity index (χ1n) is 10.3. The van der Waals surface area contributed by atoms with Gasteiger partial charge < -0.3 is 10.1 Å². The van der Waals surface area contributed by atoms with Crippen LogP contribution >= 0.6 is 23.1 Å². The van der Waals surface area contributed by atoms with Gasteiger partial charge in [0.2, 0.25) is 5.91 Å². The number of amides is 1. The van der Waals surface area contributed by atoms with Crippen LogP contribution in [0, 0.1) is 6.92 Å². The summed E-state index contributed by atoms with van der Waals surface area (Å²) in [5, 5.41) is 15.1. The molecule has 2 aromatic carbocycles. The van der Waals surface area contributed by atoms with Gasteiger partial charge in [-0.05, 0) is 36.8 Å². The lowest BCUT2D eigenvalue weighted by atomic mass is 10.0. The Balaban J connectivity index is 1.34. The predicted molar refractivity (Wildman–Crippen MR) is 133 cm³/mol. The lowest BCUT2D eigenvalue weighted by Crippen LogP contribution is -2.14. The quantitative estimate of drug-likeness (QED) is 0.269. The fourth-order valence-corrected chi connectivity index (χ4v) is 5.11. The Morgan fingerprint density at radius 1 is 1.09 bits per heavy atom. The second-order valence-corrected chi connectivity index (χ2v) is 9.32. The van der Waals surface area contributed by atoms with E-state index in [0.29, 0.717) is 22.1 Å². The van der Waals surface area contributed by atoms with Crippen molar-refractivity contribution in [1.29, 1.82) is 0 Å². The number of fused-ring (bicyclic) bond motifs is 3. The largest absolute Gasteiger partial charge is 0.465 e. The van der Waals surface area contributed by atoms with E-state index in [9.17, 15) is 9.59 Å². The Labute approximate surface area is 203 Å². The third kappa shape index (κ3) is 4.25. The number of nitrogens with zero attached hydrogens (tertiary/aromatic N) is 4. The number of rotatable bonds is 6. The maximum atomic E-state index is 12.5. The minimum absolute atomic E-state index is 0.145. The van der Waals surface area contributed by atoms with Gasteiger partial charge in [-0.2, -0.15) is 0 Å². The van der Waals surface area contributed by atoms with Crippen LogP contribution in [0.25, 0.3) is 27.0 Å². The highest BCUT2D eigenvalue weighted by atomic mass is 32.2. The highest BCUT2D eigenvalue weighted by molar-refractivity contribution is 7.99. The van der Waals surface area contributed by atoms with Crippen LogP contribution in [0.15, 0.2) is 65.4 Å². The third-order valence-corrected chi connectivity index (χ3v) is 7.06. The molecule has 170 valence electrons. The first kappa shape index (κ1) is 22.1. The molecule has 0 spiro atoms. The molecule has 34 heavy (non-hydrogen) atoms. The number of esters is 1. The summed E-state index contributed by atoms with van der Waals surface area (Å²) in [4.78, 5) is 29.5. The molecule has 3 aromatic heterocycles. The number of methoxy groups -OCH3 is 1. The molecule has 3 heterocycles. The van der Waals surface area contributed by atoms with Crippen LogP contribution in [0.1, 0.15) is 15.9 Å². The van der Waals surface area contributed by atoms with E-state index >= 15 is 0 Å². The topological polar surface area (TPSA) is 98.5 Å². The Kier molecular flexibility index (Phi) is 5.99. The normalized spacial score (nSPS) is 11.1. The third-order valence-electron chi connectivity index (χ3n) is 5.23. The molecule has 0 aliphatic rings. The van der Waals surface area contributed by atoms with E-state index in [0.717, 1.165) is 21.3 Å². The van der Waals surface area contributed by atoms with E-state index in [1.165, 1.54) is 24.4 Å². The summed E-state index contributed by atoms with van der Waals surface area (Å²) in [6.07, 6.45) is 1.69. The van der Waals surface area contributed by atoms with Crippen molar-refractivity contribution in [3.63, 3.8) is 0 Å². The number of aryl methyl sites for hydroxylation is 1. The molecule has 0 saturated heterocycles. The minimum atomic E-state index is -0.425. The molecule has 1 amide bonds. The van der Waals surface area contributed by atoms with Crippen molar-refractivity contribution in [1.82, 2.24) is 19.6 Å². The minimum Gasteiger partial charge on any atom is -0.465 e. The molecule has 5 rings (SSSR count). The maximum Gasteiger partial charge on any atom is 0.337 e. The van der Waals surface area contributed by atoms with Gasteiger partial charge in [-0.3, -0.25) is 9.20 Å². The van der Waals surface area contributed by atoms with E-state index < -0.39 is 5.97 Å². The Morgan fingerprint density at radius 2 is 1.85 bits per heavy atom. The molecule has 10 heteroatoms. The predicted octanol–water partition coefficient (Wildman–Crippen LogP) is 4.83. The van der Waals surface area contributed by atoms with Gasteiger partial charge in [0.25, 0.3) is 0 Å². The number of hydrogen-bond donors (Lipinski definition) is 1. The van der Waals surface area contributed by atoms with Crippen LogP contribution in [0.3, 0.4) is 0 Å². The molecule has 5 aromatic rings. The molecule has 1 N–H and O–H groups in total. The average Bonchev–Trinajstić information content (AvgIpc) is 3.47. The zero-order chi connectivity index (χ0) is 23.7. The Hall–Kier alpha value is -3.76. The smallest absolute Gasteiger partial charge is 0.337 e. The molecule has 0 bridgehead atoms. The molecular formula is C24H19N5O3S2. The van der Waals surface area contributed by atoms with E-state index in [-0.39, 0.29) is 11.7 Å². The molecule has 0 fully saturated rings. The van der Waals surface area contributed by atoms with Crippen molar-refractivity contribution in [2.24, 2.45) is 0 Å². The second-order valence-electron chi connectivity index (χ2n) is 7.52.